The molecule has 1 fully saturated rings. The van der Waals surface area contributed by atoms with Gasteiger partial charge in [0, 0.05) is 30.1 Å². The van der Waals surface area contributed by atoms with E-state index in [-0.39, 0.29) is 5.92 Å². The van der Waals surface area contributed by atoms with Crippen molar-refractivity contribution in [2.24, 2.45) is 5.92 Å². The first-order valence-corrected chi connectivity index (χ1v) is 11.1. The van der Waals surface area contributed by atoms with Crippen molar-refractivity contribution in [2.75, 3.05) is 30.3 Å². The quantitative estimate of drug-likeness (QED) is 0.501. The number of benzene rings is 1. The largest absolute Gasteiger partial charge is 0.477 e. The van der Waals surface area contributed by atoms with Crippen molar-refractivity contribution in [3.8, 4) is 16.5 Å². The lowest BCUT2D eigenvalue weighted by Gasteiger charge is -2.29. The molecule has 3 amide bonds. The first-order valence-electron chi connectivity index (χ1n) is 10.2. The van der Waals surface area contributed by atoms with Crippen LogP contribution in [0.25, 0.3) is 10.6 Å². The van der Waals surface area contributed by atoms with E-state index >= 15 is 0 Å². The second kappa shape index (κ2) is 10.1. The van der Waals surface area contributed by atoms with E-state index in [0.717, 1.165) is 23.4 Å². The summed E-state index contributed by atoms with van der Waals surface area (Å²) >= 11 is 1.45. The number of pyridine rings is 1. The maximum Gasteiger partial charge on any atom is 0.407 e. The van der Waals surface area contributed by atoms with E-state index < -0.39 is 12.1 Å². The smallest absolute Gasteiger partial charge is 0.407 e. The van der Waals surface area contributed by atoms with Gasteiger partial charge in [-0.3, -0.25) is 10.6 Å². The highest BCUT2D eigenvalue weighted by Gasteiger charge is 2.22. The number of rotatable bonds is 6. The second-order valence-electron chi connectivity index (χ2n) is 7.37. The number of piperidine rings is 1. The molecule has 3 N–H and O–H groups in total. The summed E-state index contributed by atoms with van der Waals surface area (Å²) < 4.78 is 5.77. The van der Waals surface area contributed by atoms with Crippen molar-refractivity contribution in [1.82, 2.24) is 14.9 Å². The molecule has 1 aliphatic heterocycles. The monoisotopic (exact) mass is 453 g/mol. The van der Waals surface area contributed by atoms with Gasteiger partial charge in [-0.05, 0) is 24.8 Å². The number of hydrogen-bond acceptors (Lipinski definition) is 6. The summed E-state index contributed by atoms with van der Waals surface area (Å²) in [7, 11) is 0. The van der Waals surface area contributed by atoms with Gasteiger partial charge in [0.1, 0.15) is 16.6 Å². The van der Waals surface area contributed by atoms with Gasteiger partial charge in [0.05, 0.1) is 6.61 Å². The molecule has 0 saturated carbocycles. The van der Waals surface area contributed by atoms with Gasteiger partial charge in [-0.15, -0.1) is 11.3 Å². The number of anilines is 2. The third kappa shape index (κ3) is 5.73. The first-order chi connectivity index (χ1) is 15.6. The van der Waals surface area contributed by atoms with Crippen LogP contribution in [-0.4, -0.2) is 51.8 Å². The fourth-order valence-electron chi connectivity index (χ4n) is 3.37. The minimum Gasteiger partial charge on any atom is -0.477 e. The molecule has 166 valence electrons. The molecular formula is C22H23N5O4S. The van der Waals surface area contributed by atoms with Crippen molar-refractivity contribution >= 4 is 35.1 Å². The molecule has 32 heavy (non-hydrogen) atoms. The number of nitrogens with zero attached hydrogens (tertiary/aromatic N) is 3. The summed E-state index contributed by atoms with van der Waals surface area (Å²) in [6.45, 7) is 1.49. The van der Waals surface area contributed by atoms with E-state index in [4.69, 9.17) is 9.84 Å². The summed E-state index contributed by atoms with van der Waals surface area (Å²) in [5.74, 6) is 1.50. The van der Waals surface area contributed by atoms with E-state index in [1.165, 1.54) is 16.2 Å². The second-order valence-corrected chi connectivity index (χ2v) is 8.23. The number of aromatic nitrogens is 2. The lowest BCUT2D eigenvalue weighted by Crippen LogP contribution is -2.38. The summed E-state index contributed by atoms with van der Waals surface area (Å²) in [6.07, 6.45) is 0.633. The SMILES string of the molecule is O=C(Nc1cccc(OCC2CCN(C(=O)O)CC2)n1)Nc1csc(-c2ccccc2)n1. The summed E-state index contributed by atoms with van der Waals surface area (Å²) in [5.41, 5.74) is 0.992. The van der Waals surface area contributed by atoms with Crippen LogP contribution in [0.5, 0.6) is 5.88 Å². The molecule has 0 radical (unpaired) electrons. The van der Waals surface area contributed by atoms with Gasteiger partial charge in [-0.1, -0.05) is 36.4 Å². The highest BCUT2D eigenvalue weighted by Crippen LogP contribution is 2.25. The third-order valence-electron chi connectivity index (χ3n) is 5.08. The third-order valence-corrected chi connectivity index (χ3v) is 5.97. The number of carboxylic acid groups (broad SMARTS) is 1. The number of hydrogen-bond donors (Lipinski definition) is 3. The summed E-state index contributed by atoms with van der Waals surface area (Å²) in [4.78, 5) is 33.5. The van der Waals surface area contributed by atoms with Crippen molar-refractivity contribution in [3.05, 3.63) is 53.9 Å². The normalized spacial score (nSPS) is 14.1. The zero-order chi connectivity index (χ0) is 22.3. The minimum atomic E-state index is -0.878. The number of ether oxygens (including phenoxy) is 1. The van der Waals surface area contributed by atoms with Crippen LogP contribution in [0, 0.1) is 5.92 Å². The Kier molecular flexibility index (Phi) is 6.81. The van der Waals surface area contributed by atoms with E-state index in [2.05, 4.69) is 20.6 Å². The molecule has 0 spiro atoms. The standard InChI is InChI=1S/C22H23N5O4S/c28-21(26-18-14-32-20(24-18)16-5-2-1-3-6-16)25-17-7-4-8-19(23-17)31-13-15-9-11-27(12-10-15)22(29)30/h1-8,14-15H,9-13H2,(H,29,30)(H2,23,25,26,28). The van der Waals surface area contributed by atoms with Crippen molar-refractivity contribution in [1.29, 1.82) is 0 Å². The summed E-state index contributed by atoms with van der Waals surface area (Å²) in [6, 6.07) is 14.5. The average Bonchev–Trinajstić information content (AvgIpc) is 3.27. The highest BCUT2D eigenvalue weighted by molar-refractivity contribution is 7.13. The molecule has 0 atom stereocenters. The number of thiazole rings is 1. The van der Waals surface area contributed by atoms with Crippen molar-refractivity contribution < 1.29 is 19.4 Å². The highest BCUT2D eigenvalue weighted by atomic mass is 32.1. The lowest BCUT2D eigenvalue weighted by molar-refractivity contribution is 0.111. The van der Waals surface area contributed by atoms with Gasteiger partial charge in [-0.25, -0.2) is 14.6 Å². The Morgan fingerprint density at radius 1 is 1.03 bits per heavy atom. The van der Waals surface area contributed by atoms with Crippen molar-refractivity contribution in [2.45, 2.75) is 12.8 Å². The van der Waals surface area contributed by atoms with E-state index in [1.807, 2.05) is 30.3 Å². The average molecular weight is 454 g/mol. The number of likely N-dealkylation sites (tertiary alicyclic amines) is 1. The zero-order valence-corrected chi connectivity index (χ0v) is 18.0. The van der Waals surface area contributed by atoms with Crippen LogP contribution in [0.4, 0.5) is 21.2 Å². The number of nitrogens with one attached hydrogen (secondary N) is 2. The van der Waals surface area contributed by atoms with Gasteiger partial charge in [0.25, 0.3) is 0 Å². The predicted molar refractivity (Wildman–Crippen MR) is 122 cm³/mol. The van der Waals surface area contributed by atoms with Crippen LogP contribution in [0.1, 0.15) is 12.8 Å². The van der Waals surface area contributed by atoms with Crippen LogP contribution in [0.15, 0.2) is 53.9 Å². The molecule has 0 bridgehead atoms. The molecule has 9 nitrogen and oxygen atoms in total. The molecule has 1 aliphatic rings. The Balaban J connectivity index is 1.27. The van der Waals surface area contributed by atoms with Crippen LogP contribution < -0.4 is 15.4 Å². The zero-order valence-electron chi connectivity index (χ0n) is 17.2. The number of amides is 3. The van der Waals surface area contributed by atoms with Gasteiger partial charge in [0.15, 0.2) is 0 Å². The first kappa shape index (κ1) is 21.6. The molecule has 0 unspecified atom stereocenters. The van der Waals surface area contributed by atoms with Crippen LogP contribution in [-0.2, 0) is 0 Å². The predicted octanol–water partition coefficient (Wildman–Crippen LogP) is 4.62. The molecule has 1 aromatic carbocycles. The molecule has 10 heteroatoms. The molecule has 0 aliphatic carbocycles. The molecule has 3 aromatic rings. The molecule has 3 heterocycles. The Bertz CT molecular complexity index is 1070. The number of urea groups is 1. The van der Waals surface area contributed by atoms with Gasteiger partial charge in [-0.2, -0.15) is 4.98 Å². The van der Waals surface area contributed by atoms with E-state index in [9.17, 15) is 9.59 Å². The van der Waals surface area contributed by atoms with Gasteiger partial charge < -0.3 is 14.7 Å². The topological polar surface area (TPSA) is 117 Å². The molecular weight excluding hydrogens is 430 g/mol. The number of carbonyl (C=O) groups excluding carboxylic acids is 1. The summed E-state index contributed by atoms with van der Waals surface area (Å²) in [5, 5.41) is 17.0. The Labute approximate surface area is 189 Å². The molecule has 1 saturated heterocycles. The maximum atomic E-state index is 12.3. The Morgan fingerprint density at radius 3 is 2.53 bits per heavy atom. The van der Waals surface area contributed by atoms with Crippen LogP contribution in [0.3, 0.4) is 0 Å². The van der Waals surface area contributed by atoms with Crippen LogP contribution in [0.2, 0.25) is 0 Å². The van der Waals surface area contributed by atoms with Crippen molar-refractivity contribution in [3.63, 3.8) is 0 Å². The maximum absolute atomic E-state index is 12.3. The molecule has 2 aromatic heterocycles. The Morgan fingerprint density at radius 2 is 1.78 bits per heavy atom. The van der Waals surface area contributed by atoms with E-state index in [1.54, 1.807) is 23.6 Å². The fourth-order valence-corrected chi connectivity index (χ4v) is 4.13. The van der Waals surface area contributed by atoms with E-state index in [0.29, 0.717) is 37.2 Å². The fraction of sp³-hybridized carbons (Fsp3) is 0.273. The Hall–Kier alpha value is -3.66. The lowest BCUT2D eigenvalue weighted by atomic mass is 9.98. The number of carbonyl (C=O) groups is 2. The minimum absolute atomic E-state index is 0.274. The van der Waals surface area contributed by atoms with Gasteiger partial charge >= 0.3 is 12.1 Å². The van der Waals surface area contributed by atoms with Crippen LogP contribution >= 0.6 is 11.3 Å². The van der Waals surface area contributed by atoms with Gasteiger partial charge in [0.2, 0.25) is 5.88 Å². The molecule has 4 rings (SSSR count).